The van der Waals surface area contributed by atoms with Gasteiger partial charge in [-0.15, -0.1) is 0 Å². The second-order valence-electron chi connectivity index (χ2n) is 6.71. The third-order valence-corrected chi connectivity index (χ3v) is 4.35. The van der Waals surface area contributed by atoms with Gasteiger partial charge in [0.1, 0.15) is 0 Å². The van der Waals surface area contributed by atoms with Crippen LogP contribution in [0.25, 0.3) is 0 Å². The molecule has 0 bridgehead atoms. The van der Waals surface area contributed by atoms with Gasteiger partial charge in [-0.2, -0.15) is 0 Å². The highest BCUT2D eigenvalue weighted by Crippen LogP contribution is 2.11. The largest absolute Gasteiger partial charge is 0.464 e. The van der Waals surface area contributed by atoms with Gasteiger partial charge in [-0.3, -0.25) is 0 Å². The van der Waals surface area contributed by atoms with Gasteiger partial charge in [0.2, 0.25) is 0 Å². The number of carbonyl (C=O) groups is 1. The summed E-state index contributed by atoms with van der Waals surface area (Å²) in [6.45, 7) is 4.89. The maximum Gasteiger partial charge on any atom is 0.334 e. The molecule has 3 heteroatoms. The smallest absolute Gasteiger partial charge is 0.334 e. The first-order valence-corrected chi connectivity index (χ1v) is 10.1. The Morgan fingerprint density at radius 1 is 0.739 bits per heavy atom. The van der Waals surface area contributed by atoms with Crippen LogP contribution in [0.1, 0.15) is 110 Å². The highest BCUT2D eigenvalue weighted by atomic mass is 16.5. The number of esters is 1. The minimum atomic E-state index is -0.921. The molecule has 0 amide bonds. The summed E-state index contributed by atoms with van der Waals surface area (Å²) in [5.74, 6) is -0.429. The van der Waals surface area contributed by atoms with Crippen molar-refractivity contribution in [3.63, 3.8) is 0 Å². The van der Waals surface area contributed by atoms with Crippen LogP contribution in [0.2, 0.25) is 0 Å². The van der Waals surface area contributed by atoms with E-state index in [1.54, 1.807) is 0 Å². The highest BCUT2D eigenvalue weighted by Gasteiger charge is 2.15. The Balaban J connectivity index is 3.33. The zero-order chi connectivity index (χ0) is 17.2. The molecule has 0 saturated heterocycles. The third-order valence-electron chi connectivity index (χ3n) is 4.35. The van der Waals surface area contributed by atoms with Gasteiger partial charge >= 0.3 is 5.97 Å². The van der Waals surface area contributed by atoms with Crippen LogP contribution in [0.15, 0.2) is 0 Å². The topological polar surface area (TPSA) is 46.5 Å². The molecule has 1 atom stereocenters. The molecule has 0 aliphatic carbocycles. The zero-order valence-corrected chi connectivity index (χ0v) is 15.7. The van der Waals surface area contributed by atoms with Crippen LogP contribution in [-0.2, 0) is 9.53 Å². The summed E-state index contributed by atoms with van der Waals surface area (Å²) in [5.41, 5.74) is 0. The van der Waals surface area contributed by atoms with Crippen molar-refractivity contribution in [3.8, 4) is 0 Å². The summed E-state index contributed by atoms with van der Waals surface area (Å²) in [5, 5.41) is 9.77. The normalized spacial score (nSPS) is 12.3. The van der Waals surface area contributed by atoms with Crippen LogP contribution in [0.5, 0.6) is 0 Å². The fourth-order valence-corrected chi connectivity index (χ4v) is 2.74. The highest BCUT2D eigenvalue weighted by molar-refractivity contribution is 5.74. The van der Waals surface area contributed by atoms with E-state index in [0.29, 0.717) is 13.0 Å². The second-order valence-corrected chi connectivity index (χ2v) is 6.71. The van der Waals surface area contributed by atoms with Crippen molar-refractivity contribution < 1.29 is 14.6 Å². The van der Waals surface area contributed by atoms with E-state index in [1.165, 1.54) is 64.2 Å². The maximum absolute atomic E-state index is 11.6. The first-order chi connectivity index (χ1) is 11.2. The van der Waals surface area contributed by atoms with Gasteiger partial charge in [-0.05, 0) is 12.8 Å². The van der Waals surface area contributed by atoms with E-state index in [-0.39, 0.29) is 0 Å². The Bertz CT molecular complexity index is 253. The molecule has 0 fully saturated rings. The molecule has 0 rings (SSSR count). The van der Waals surface area contributed by atoms with E-state index in [9.17, 15) is 9.90 Å². The Morgan fingerprint density at radius 2 is 1.17 bits per heavy atom. The van der Waals surface area contributed by atoms with Crippen LogP contribution in [0.4, 0.5) is 0 Å². The van der Waals surface area contributed by atoms with Crippen molar-refractivity contribution in [2.45, 2.75) is 116 Å². The minimum absolute atomic E-state index is 0.429. The van der Waals surface area contributed by atoms with Crippen LogP contribution in [0.3, 0.4) is 0 Å². The molecule has 1 N–H and O–H groups in total. The fraction of sp³-hybridized carbons (Fsp3) is 0.950. The van der Waals surface area contributed by atoms with Gasteiger partial charge in [-0.25, -0.2) is 4.79 Å². The van der Waals surface area contributed by atoms with Crippen LogP contribution >= 0.6 is 0 Å². The molecule has 0 unspecified atom stereocenters. The predicted octanol–water partition coefficient (Wildman–Crippen LogP) is 5.78. The number of aliphatic hydroxyl groups excluding tert-OH is 1. The van der Waals surface area contributed by atoms with E-state index in [0.717, 1.165) is 25.7 Å². The molecule has 0 radical (unpaired) electrons. The number of carbonyl (C=O) groups excluding carboxylic acids is 1. The van der Waals surface area contributed by atoms with Gasteiger partial charge in [0, 0.05) is 0 Å². The molecule has 138 valence electrons. The summed E-state index contributed by atoms with van der Waals surface area (Å²) >= 11 is 0. The Morgan fingerprint density at radius 3 is 1.70 bits per heavy atom. The Kier molecular flexibility index (Phi) is 17.3. The van der Waals surface area contributed by atoms with Crippen LogP contribution in [0, 0.1) is 0 Å². The molecule has 0 spiro atoms. The van der Waals surface area contributed by atoms with E-state index in [1.807, 2.05) is 0 Å². The molecule has 23 heavy (non-hydrogen) atoms. The Labute approximate surface area is 144 Å². The number of unbranched alkanes of at least 4 members (excludes halogenated alkanes) is 12. The zero-order valence-electron chi connectivity index (χ0n) is 15.7. The molecule has 0 heterocycles. The lowest BCUT2D eigenvalue weighted by molar-refractivity contribution is -0.154. The molecule has 0 aliphatic rings. The standard InChI is InChI=1S/C20H40O3/c1-3-5-7-9-11-12-14-16-18-23-20(22)19(21)17-15-13-10-8-6-4-2/h19,21H,3-18H2,1-2H3/t19-/m1/s1. The first-order valence-electron chi connectivity index (χ1n) is 10.1. The predicted molar refractivity (Wildman–Crippen MR) is 97.6 cm³/mol. The summed E-state index contributed by atoms with van der Waals surface area (Å²) in [7, 11) is 0. The summed E-state index contributed by atoms with van der Waals surface area (Å²) in [6.07, 6.45) is 16.5. The molecule has 0 saturated carbocycles. The second kappa shape index (κ2) is 17.8. The SMILES string of the molecule is CCCCCCCCCCOC(=O)[C@H](O)CCCCCCCC. The van der Waals surface area contributed by atoms with Gasteiger partial charge in [0.15, 0.2) is 6.10 Å². The van der Waals surface area contributed by atoms with Crippen molar-refractivity contribution in [2.75, 3.05) is 6.61 Å². The van der Waals surface area contributed by atoms with Crippen molar-refractivity contribution in [1.29, 1.82) is 0 Å². The molecular weight excluding hydrogens is 288 g/mol. The van der Waals surface area contributed by atoms with Crippen molar-refractivity contribution in [1.82, 2.24) is 0 Å². The molecule has 0 aromatic heterocycles. The van der Waals surface area contributed by atoms with Crippen LogP contribution in [-0.4, -0.2) is 23.8 Å². The summed E-state index contributed by atoms with van der Waals surface area (Å²) < 4.78 is 5.16. The number of rotatable bonds is 17. The third kappa shape index (κ3) is 16.1. The van der Waals surface area contributed by atoms with E-state index in [2.05, 4.69) is 13.8 Å². The number of hydrogen-bond donors (Lipinski definition) is 1. The lowest BCUT2D eigenvalue weighted by atomic mass is 10.1. The summed E-state index contributed by atoms with van der Waals surface area (Å²) in [6, 6.07) is 0. The first kappa shape index (κ1) is 22.4. The monoisotopic (exact) mass is 328 g/mol. The van der Waals surface area contributed by atoms with E-state index >= 15 is 0 Å². The number of hydrogen-bond acceptors (Lipinski definition) is 3. The van der Waals surface area contributed by atoms with Crippen molar-refractivity contribution in [3.05, 3.63) is 0 Å². The summed E-state index contributed by atoms with van der Waals surface area (Å²) in [4.78, 5) is 11.6. The van der Waals surface area contributed by atoms with Gasteiger partial charge in [0.05, 0.1) is 6.61 Å². The maximum atomic E-state index is 11.6. The molecular formula is C20H40O3. The number of ether oxygens (including phenoxy) is 1. The van der Waals surface area contributed by atoms with E-state index in [4.69, 9.17) is 4.74 Å². The Hall–Kier alpha value is -0.570. The van der Waals surface area contributed by atoms with Gasteiger partial charge in [-0.1, -0.05) is 97.3 Å². The van der Waals surface area contributed by atoms with Crippen molar-refractivity contribution in [2.24, 2.45) is 0 Å². The molecule has 0 aromatic rings. The van der Waals surface area contributed by atoms with Gasteiger partial charge < -0.3 is 9.84 Å². The van der Waals surface area contributed by atoms with E-state index < -0.39 is 12.1 Å². The fourth-order valence-electron chi connectivity index (χ4n) is 2.74. The van der Waals surface area contributed by atoms with Crippen molar-refractivity contribution >= 4 is 5.97 Å². The minimum Gasteiger partial charge on any atom is -0.464 e. The molecule has 3 nitrogen and oxygen atoms in total. The van der Waals surface area contributed by atoms with Gasteiger partial charge in [0.25, 0.3) is 0 Å². The lowest BCUT2D eigenvalue weighted by Crippen LogP contribution is -2.23. The lowest BCUT2D eigenvalue weighted by Gasteiger charge is -2.10. The average molecular weight is 329 g/mol. The van der Waals surface area contributed by atoms with Crippen LogP contribution < -0.4 is 0 Å². The quantitative estimate of drug-likeness (QED) is 0.272. The average Bonchev–Trinajstić information content (AvgIpc) is 2.56. The molecule has 0 aromatic carbocycles. The molecule has 0 aliphatic heterocycles. The number of aliphatic hydroxyl groups is 1.